The van der Waals surface area contributed by atoms with Crippen molar-refractivity contribution in [2.45, 2.75) is 477 Å². The zero-order valence-electron chi connectivity index (χ0n) is 68.2. The van der Waals surface area contributed by atoms with Crippen LogP contribution in [0.4, 0.5) is 0 Å². The number of rotatable bonds is 85. The van der Waals surface area contributed by atoms with E-state index >= 15 is 0 Å². The summed E-state index contributed by atoms with van der Waals surface area (Å²) in [5.74, 6) is -1.34. The number of aliphatic hydroxyl groups excluding tert-OH is 1. The molecule has 104 heavy (non-hydrogen) atoms. The molecule has 0 aromatic carbocycles. The maximum Gasteiger partial charge on any atom is 0.472 e. The van der Waals surface area contributed by atoms with Crippen LogP contribution in [0.25, 0.3) is 0 Å². The van der Waals surface area contributed by atoms with Gasteiger partial charge in [0.05, 0.1) is 26.4 Å². The second-order valence-corrected chi connectivity index (χ2v) is 34.0. The van der Waals surface area contributed by atoms with E-state index in [0.29, 0.717) is 25.7 Å². The Labute approximate surface area is 638 Å². The Balaban J connectivity index is 5.26. The van der Waals surface area contributed by atoms with Gasteiger partial charge in [-0.1, -0.05) is 407 Å². The van der Waals surface area contributed by atoms with Gasteiger partial charge in [-0.3, -0.25) is 37.3 Å². The number of esters is 4. The van der Waals surface area contributed by atoms with Gasteiger partial charge in [0.25, 0.3) is 0 Å². The van der Waals surface area contributed by atoms with E-state index in [4.69, 9.17) is 37.0 Å². The first kappa shape index (κ1) is 102. The van der Waals surface area contributed by atoms with Crippen LogP contribution in [0, 0.1) is 5.92 Å². The molecule has 0 aliphatic heterocycles. The van der Waals surface area contributed by atoms with E-state index in [-0.39, 0.29) is 25.7 Å². The van der Waals surface area contributed by atoms with Crippen LogP contribution in [0.3, 0.4) is 0 Å². The van der Waals surface area contributed by atoms with Crippen molar-refractivity contribution in [3.8, 4) is 0 Å². The third-order valence-corrected chi connectivity index (χ3v) is 21.9. The summed E-state index contributed by atoms with van der Waals surface area (Å²) in [4.78, 5) is 73.2. The molecule has 0 heterocycles. The van der Waals surface area contributed by atoms with E-state index in [1.165, 1.54) is 283 Å². The standard InChI is InChI=1S/C85H166O17P2/c1-6-9-12-15-18-21-24-27-30-32-34-36-38-41-44-51-56-61-66-71-85(90)101-80(74-95-82(87)68-63-58-53-48-42-40-37-35-33-31-28-25-22-19-16-13-10-7-2)76-99-103(91,92)97-72-79(86)73-98-104(93,94)100-77-81(75-96-83(88)69-64-59-54-49-46-45-47-52-57-62-67-78(4)5)102-84(89)70-65-60-55-50-43-39-29-26-23-20-17-14-11-8-3/h78-81,86H,6-77H2,1-5H3,(H,91,92)(H,93,94)/t79-,80-,81-/m1/s1. The summed E-state index contributed by atoms with van der Waals surface area (Å²) in [5, 5.41) is 10.7. The highest BCUT2D eigenvalue weighted by molar-refractivity contribution is 7.47. The molecule has 0 saturated carbocycles. The maximum absolute atomic E-state index is 13.1. The number of hydrogen-bond acceptors (Lipinski definition) is 15. The van der Waals surface area contributed by atoms with Crippen molar-refractivity contribution >= 4 is 39.5 Å². The molecular formula is C85H166O17P2. The zero-order chi connectivity index (χ0) is 76.2. The van der Waals surface area contributed by atoms with Crippen LogP contribution in [0.15, 0.2) is 0 Å². The van der Waals surface area contributed by atoms with Crippen LogP contribution < -0.4 is 0 Å². The van der Waals surface area contributed by atoms with Crippen molar-refractivity contribution in [2.24, 2.45) is 5.92 Å². The molecule has 2 unspecified atom stereocenters. The van der Waals surface area contributed by atoms with Crippen molar-refractivity contribution in [2.75, 3.05) is 39.6 Å². The van der Waals surface area contributed by atoms with E-state index < -0.39 is 97.5 Å². The quantitative estimate of drug-likeness (QED) is 0.0222. The van der Waals surface area contributed by atoms with Gasteiger partial charge in [-0.15, -0.1) is 0 Å². The fourth-order valence-electron chi connectivity index (χ4n) is 13.3. The van der Waals surface area contributed by atoms with Gasteiger partial charge < -0.3 is 33.8 Å². The normalized spacial score (nSPS) is 13.8. The molecule has 0 saturated heterocycles. The summed E-state index contributed by atoms with van der Waals surface area (Å²) in [6, 6.07) is 0. The largest absolute Gasteiger partial charge is 0.472 e. The highest BCUT2D eigenvalue weighted by Gasteiger charge is 2.30. The van der Waals surface area contributed by atoms with Crippen molar-refractivity contribution in [3.05, 3.63) is 0 Å². The van der Waals surface area contributed by atoms with Crippen LogP contribution in [0.1, 0.15) is 458 Å². The number of carbonyl (C=O) groups is 4. The molecule has 0 bridgehead atoms. The molecule has 5 atom stereocenters. The Morgan fingerprint density at radius 2 is 0.442 bits per heavy atom. The van der Waals surface area contributed by atoms with Gasteiger partial charge in [0.1, 0.15) is 19.3 Å². The molecule has 618 valence electrons. The summed E-state index contributed by atoms with van der Waals surface area (Å²) in [5.41, 5.74) is 0. The Morgan fingerprint density at radius 1 is 0.260 bits per heavy atom. The third kappa shape index (κ3) is 78.2. The van der Waals surface area contributed by atoms with Gasteiger partial charge in [0.2, 0.25) is 0 Å². The lowest BCUT2D eigenvalue weighted by atomic mass is 10.0. The molecule has 0 amide bonds. The summed E-state index contributed by atoms with van der Waals surface area (Å²) >= 11 is 0. The SMILES string of the molecule is CCCCCCCCCCCCCCCCCCCCCC(=O)O[C@H](COC(=O)CCCCCCCCCCCCCCCCCCCC)COP(=O)(O)OC[C@@H](O)COP(=O)(O)OC[C@@H](COC(=O)CCCCCCCCCCCCC(C)C)OC(=O)CCCCCCCCCCCCCCCC. The average molecular weight is 1520 g/mol. The van der Waals surface area contributed by atoms with Crippen LogP contribution in [0.2, 0.25) is 0 Å². The smallest absolute Gasteiger partial charge is 0.462 e. The lowest BCUT2D eigenvalue weighted by molar-refractivity contribution is -0.161. The molecule has 0 aliphatic rings. The monoisotopic (exact) mass is 1520 g/mol. The predicted molar refractivity (Wildman–Crippen MR) is 428 cm³/mol. The Bertz CT molecular complexity index is 1980. The van der Waals surface area contributed by atoms with E-state index in [0.717, 1.165) is 95.8 Å². The fourth-order valence-corrected chi connectivity index (χ4v) is 14.9. The Kier molecular flexibility index (Phi) is 76.3. The topological polar surface area (TPSA) is 237 Å². The van der Waals surface area contributed by atoms with Crippen LogP contribution in [0.5, 0.6) is 0 Å². The summed E-state index contributed by atoms with van der Waals surface area (Å²) < 4.78 is 68.9. The number of phosphoric acid groups is 2. The number of phosphoric ester groups is 2. The number of unbranched alkanes of at least 4 members (excludes halogenated alkanes) is 57. The average Bonchev–Trinajstić information content (AvgIpc) is 0.909. The highest BCUT2D eigenvalue weighted by Crippen LogP contribution is 2.45. The van der Waals surface area contributed by atoms with Crippen LogP contribution >= 0.6 is 15.6 Å². The van der Waals surface area contributed by atoms with Crippen LogP contribution in [-0.2, 0) is 65.4 Å². The first-order valence-corrected chi connectivity index (χ1v) is 47.1. The van der Waals surface area contributed by atoms with Gasteiger partial charge in [0.15, 0.2) is 12.2 Å². The van der Waals surface area contributed by atoms with E-state index in [9.17, 15) is 43.2 Å². The number of hydrogen-bond donors (Lipinski definition) is 3. The van der Waals surface area contributed by atoms with Crippen molar-refractivity contribution < 1.29 is 80.2 Å². The minimum Gasteiger partial charge on any atom is -0.462 e. The molecule has 0 fully saturated rings. The van der Waals surface area contributed by atoms with E-state index in [1.54, 1.807) is 0 Å². The van der Waals surface area contributed by atoms with Crippen molar-refractivity contribution in [3.63, 3.8) is 0 Å². The Hall–Kier alpha value is -1.94. The number of carbonyl (C=O) groups excluding carboxylic acids is 4. The molecular weight excluding hydrogens is 1350 g/mol. The molecule has 0 radical (unpaired) electrons. The van der Waals surface area contributed by atoms with Gasteiger partial charge in [-0.25, -0.2) is 9.13 Å². The molecule has 0 rings (SSSR count). The first-order chi connectivity index (χ1) is 50.5. The fraction of sp³-hybridized carbons (Fsp3) is 0.953. The van der Waals surface area contributed by atoms with E-state index in [2.05, 4.69) is 34.6 Å². The van der Waals surface area contributed by atoms with Crippen molar-refractivity contribution in [1.29, 1.82) is 0 Å². The summed E-state index contributed by atoms with van der Waals surface area (Å²) in [7, 11) is -9.93. The van der Waals surface area contributed by atoms with Crippen LogP contribution in [-0.4, -0.2) is 96.7 Å². The minimum absolute atomic E-state index is 0.108. The molecule has 0 aliphatic carbocycles. The van der Waals surface area contributed by atoms with Gasteiger partial charge >= 0.3 is 39.5 Å². The number of aliphatic hydroxyl groups is 1. The summed E-state index contributed by atoms with van der Waals surface area (Å²) in [6.07, 6.45) is 70.7. The minimum atomic E-state index is -4.96. The molecule has 0 spiro atoms. The first-order valence-electron chi connectivity index (χ1n) is 44.1. The molecule has 0 aromatic rings. The highest BCUT2D eigenvalue weighted by atomic mass is 31.2. The summed E-state index contributed by atoms with van der Waals surface area (Å²) in [6.45, 7) is 7.36. The third-order valence-electron chi connectivity index (χ3n) is 20.0. The number of ether oxygens (including phenoxy) is 4. The second kappa shape index (κ2) is 77.8. The maximum atomic E-state index is 13.1. The molecule has 3 N–H and O–H groups in total. The second-order valence-electron chi connectivity index (χ2n) is 31.1. The van der Waals surface area contributed by atoms with Crippen molar-refractivity contribution in [1.82, 2.24) is 0 Å². The predicted octanol–water partition coefficient (Wildman–Crippen LogP) is 26.0. The Morgan fingerprint density at radius 3 is 0.654 bits per heavy atom. The lowest BCUT2D eigenvalue weighted by Crippen LogP contribution is -2.30. The lowest BCUT2D eigenvalue weighted by Gasteiger charge is -2.21. The van der Waals surface area contributed by atoms with Gasteiger partial charge in [0, 0.05) is 25.7 Å². The van der Waals surface area contributed by atoms with Gasteiger partial charge in [-0.05, 0) is 31.6 Å². The molecule has 17 nitrogen and oxygen atoms in total. The molecule has 19 heteroatoms. The van der Waals surface area contributed by atoms with E-state index in [1.807, 2.05) is 0 Å². The van der Waals surface area contributed by atoms with Gasteiger partial charge in [-0.2, -0.15) is 0 Å². The molecule has 0 aromatic heterocycles. The zero-order valence-corrected chi connectivity index (χ0v) is 70.0.